The van der Waals surface area contributed by atoms with E-state index in [9.17, 15) is 8.42 Å². The monoisotopic (exact) mass is 290 g/mol. The molecule has 102 valence electrons. The number of nitrogens with one attached hydrogen (secondary N) is 2. The Morgan fingerprint density at radius 1 is 1.33 bits per heavy atom. The molecule has 6 heteroatoms. The first-order valence-electron chi connectivity index (χ1n) is 5.88. The summed E-state index contributed by atoms with van der Waals surface area (Å²) in [5.41, 5.74) is 0.781. The van der Waals surface area contributed by atoms with Gasteiger partial charge in [0.2, 0.25) is 10.0 Å². The van der Waals surface area contributed by atoms with Gasteiger partial charge in [-0.15, -0.1) is 12.4 Å². The maximum atomic E-state index is 12.2. The van der Waals surface area contributed by atoms with Crippen LogP contribution in [-0.2, 0) is 10.0 Å². The number of halogens is 1. The van der Waals surface area contributed by atoms with Crippen LogP contribution in [0.4, 0.5) is 0 Å². The first kappa shape index (κ1) is 15.4. The molecule has 0 radical (unpaired) electrons. The van der Waals surface area contributed by atoms with Gasteiger partial charge in [0.15, 0.2) is 0 Å². The van der Waals surface area contributed by atoms with Crippen molar-refractivity contribution in [2.75, 3.05) is 13.1 Å². The summed E-state index contributed by atoms with van der Waals surface area (Å²) in [6, 6.07) is 7.06. The molecule has 1 atom stereocenters. The fourth-order valence-electron chi connectivity index (χ4n) is 2.09. The first-order valence-corrected chi connectivity index (χ1v) is 7.36. The van der Waals surface area contributed by atoms with Crippen molar-refractivity contribution in [1.29, 1.82) is 0 Å². The van der Waals surface area contributed by atoms with E-state index in [4.69, 9.17) is 0 Å². The van der Waals surface area contributed by atoms with Gasteiger partial charge in [0.05, 0.1) is 4.90 Å². The summed E-state index contributed by atoms with van der Waals surface area (Å²) in [4.78, 5) is 0.380. The van der Waals surface area contributed by atoms with Gasteiger partial charge < -0.3 is 5.32 Å². The second kappa shape index (κ2) is 6.52. The molecule has 0 aliphatic carbocycles. The molecule has 1 aromatic rings. The lowest BCUT2D eigenvalue weighted by atomic mass is 10.1. The zero-order valence-electron chi connectivity index (χ0n) is 10.3. The summed E-state index contributed by atoms with van der Waals surface area (Å²) in [5, 5.41) is 3.20. The molecule has 2 rings (SSSR count). The predicted molar refractivity (Wildman–Crippen MR) is 74.6 cm³/mol. The van der Waals surface area contributed by atoms with Gasteiger partial charge in [-0.1, -0.05) is 18.2 Å². The van der Waals surface area contributed by atoms with Crippen molar-refractivity contribution in [2.45, 2.75) is 30.7 Å². The van der Waals surface area contributed by atoms with Crippen LogP contribution < -0.4 is 10.0 Å². The quantitative estimate of drug-likeness (QED) is 0.886. The van der Waals surface area contributed by atoms with Crippen LogP contribution in [-0.4, -0.2) is 27.5 Å². The van der Waals surface area contributed by atoms with Crippen LogP contribution in [0.5, 0.6) is 0 Å². The minimum Gasteiger partial charge on any atom is -0.315 e. The molecule has 18 heavy (non-hydrogen) atoms. The van der Waals surface area contributed by atoms with Crippen molar-refractivity contribution in [2.24, 2.45) is 0 Å². The van der Waals surface area contributed by atoms with Crippen LogP contribution in [0.1, 0.15) is 18.4 Å². The number of sulfonamides is 1. The lowest BCUT2D eigenvalue weighted by Gasteiger charge is -2.23. The van der Waals surface area contributed by atoms with Crippen LogP contribution in [0.15, 0.2) is 29.2 Å². The van der Waals surface area contributed by atoms with Crippen LogP contribution in [0.3, 0.4) is 0 Å². The average molecular weight is 291 g/mol. The Bertz CT molecular complexity index is 485. The van der Waals surface area contributed by atoms with E-state index in [0.717, 1.165) is 24.9 Å². The summed E-state index contributed by atoms with van der Waals surface area (Å²) >= 11 is 0. The normalized spacial score (nSPS) is 20.2. The Kier molecular flexibility index (Phi) is 5.59. The highest BCUT2D eigenvalue weighted by atomic mass is 35.5. The third-order valence-electron chi connectivity index (χ3n) is 3.00. The predicted octanol–water partition coefficient (Wildman–Crippen LogP) is 1.45. The minimum atomic E-state index is -3.38. The fraction of sp³-hybridized carbons (Fsp3) is 0.500. The van der Waals surface area contributed by atoms with E-state index >= 15 is 0 Å². The molecule has 0 aromatic heterocycles. The van der Waals surface area contributed by atoms with Gasteiger partial charge in [0.1, 0.15) is 0 Å². The zero-order chi connectivity index (χ0) is 12.3. The molecule has 1 saturated heterocycles. The van der Waals surface area contributed by atoms with Crippen molar-refractivity contribution < 1.29 is 8.42 Å². The van der Waals surface area contributed by atoms with Crippen LogP contribution in [0, 0.1) is 6.92 Å². The molecular weight excluding hydrogens is 272 g/mol. The standard InChI is InChI=1S/C12H18N2O2S.ClH/c1-10-5-2-3-7-12(10)17(15,16)14-11-6-4-8-13-9-11;/h2-3,5,7,11,13-14H,4,6,8-9H2,1H3;1H. The number of rotatable bonds is 3. The Hall–Kier alpha value is -0.620. The van der Waals surface area contributed by atoms with E-state index < -0.39 is 10.0 Å². The second-order valence-electron chi connectivity index (χ2n) is 4.43. The molecular formula is C12H19ClN2O2S. The van der Waals surface area contributed by atoms with Crippen molar-refractivity contribution in [1.82, 2.24) is 10.0 Å². The molecule has 1 fully saturated rings. The largest absolute Gasteiger partial charge is 0.315 e. The molecule has 0 bridgehead atoms. The molecule has 1 aliphatic rings. The molecule has 1 unspecified atom stereocenters. The Labute approximate surface area is 115 Å². The molecule has 4 nitrogen and oxygen atoms in total. The Morgan fingerprint density at radius 2 is 2.06 bits per heavy atom. The number of piperidine rings is 1. The summed E-state index contributed by atoms with van der Waals surface area (Å²) in [6.45, 7) is 3.50. The van der Waals surface area contributed by atoms with Crippen molar-refractivity contribution in [3.63, 3.8) is 0 Å². The maximum absolute atomic E-state index is 12.2. The highest BCUT2D eigenvalue weighted by Crippen LogP contribution is 2.15. The van der Waals surface area contributed by atoms with Gasteiger partial charge in [-0.3, -0.25) is 0 Å². The van der Waals surface area contributed by atoms with Gasteiger partial charge in [0, 0.05) is 12.6 Å². The van der Waals surface area contributed by atoms with E-state index in [1.165, 1.54) is 0 Å². The third-order valence-corrected chi connectivity index (χ3v) is 4.68. The summed E-state index contributed by atoms with van der Waals surface area (Å²) in [5.74, 6) is 0. The Balaban J connectivity index is 0.00000162. The van der Waals surface area contributed by atoms with Gasteiger partial charge in [-0.05, 0) is 37.9 Å². The van der Waals surface area contributed by atoms with Gasteiger partial charge in [0.25, 0.3) is 0 Å². The number of benzene rings is 1. The SMILES string of the molecule is Cc1ccccc1S(=O)(=O)NC1CCCNC1.Cl. The maximum Gasteiger partial charge on any atom is 0.241 e. The van der Waals surface area contributed by atoms with Crippen LogP contribution in [0.2, 0.25) is 0 Å². The fourth-order valence-corrected chi connectivity index (χ4v) is 3.61. The smallest absolute Gasteiger partial charge is 0.241 e. The molecule has 1 heterocycles. The van der Waals surface area contributed by atoms with Crippen LogP contribution in [0.25, 0.3) is 0 Å². The Morgan fingerprint density at radius 3 is 2.67 bits per heavy atom. The van der Waals surface area contributed by atoms with E-state index in [1.54, 1.807) is 12.1 Å². The van der Waals surface area contributed by atoms with Crippen molar-refractivity contribution in [3.05, 3.63) is 29.8 Å². The number of aryl methyl sites for hydroxylation is 1. The molecule has 1 aromatic carbocycles. The molecule has 0 amide bonds. The van der Waals surface area contributed by atoms with E-state index in [0.29, 0.717) is 11.4 Å². The third kappa shape index (κ3) is 3.68. The zero-order valence-corrected chi connectivity index (χ0v) is 12.0. The number of hydrogen-bond donors (Lipinski definition) is 2. The summed E-state index contributed by atoms with van der Waals surface area (Å²) in [7, 11) is -3.38. The van der Waals surface area contributed by atoms with Gasteiger partial charge >= 0.3 is 0 Å². The molecule has 0 saturated carbocycles. The molecule has 2 N–H and O–H groups in total. The lowest BCUT2D eigenvalue weighted by Crippen LogP contribution is -2.45. The number of hydrogen-bond acceptors (Lipinski definition) is 3. The van der Waals surface area contributed by atoms with Gasteiger partial charge in [-0.2, -0.15) is 0 Å². The van der Waals surface area contributed by atoms with Crippen LogP contribution >= 0.6 is 12.4 Å². The second-order valence-corrected chi connectivity index (χ2v) is 6.11. The highest BCUT2D eigenvalue weighted by Gasteiger charge is 2.22. The summed E-state index contributed by atoms with van der Waals surface area (Å²) < 4.78 is 27.1. The van der Waals surface area contributed by atoms with Gasteiger partial charge in [-0.25, -0.2) is 13.1 Å². The van der Waals surface area contributed by atoms with Crippen molar-refractivity contribution >= 4 is 22.4 Å². The topological polar surface area (TPSA) is 58.2 Å². The molecule has 0 spiro atoms. The molecule has 1 aliphatic heterocycles. The lowest BCUT2D eigenvalue weighted by molar-refractivity contribution is 0.428. The van der Waals surface area contributed by atoms with E-state index in [2.05, 4.69) is 10.0 Å². The summed E-state index contributed by atoms with van der Waals surface area (Å²) in [6.07, 6.45) is 1.92. The minimum absolute atomic E-state index is 0. The average Bonchev–Trinajstić information content (AvgIpc) is 2.30. The van der Waals surface area contributed by atoms with E-state index in [1.807, 2.05) is 19.1 Å². The van der Waals surface area contributed by atoms with E-state index in [-0.39, 0.29) is 18.4 Å². The first-order chi connectivity index (χ1) is 8.09. The highest BCUT2D eigenvalue weighted by molar-refractivity contribution is 7.89. The van der Waals surface area contributed by atoms with Crippen molar-refractivity contribution in [3.8, 4) is 0 Å².